The fourth-order valence-electron chi connectivity index (χ4n) is 1.50. The molecule has 2 saturated heterocycles. The van der Waals surface area contributed by atoms with Crippen molar-refractivity contribution in [2.24, 2.45) is 0 Å². The van der Waals surface area contributed by atoms with Crippen LogP contribution in [-0.2, 0) is 14.2 Å². The lowest BCUT2D eigenvalue weighted by atomic mass is 9.97. The van der Waals surface area contributed by atoms with Gasteiger partial charge in [-0.05, 0) is 0 Å². The molecule has 11 heteroatoms. The molecule has 10 atom stereocenters. The zero-order valence-corrected chi connectivity index (χ0v) is 11.0. The van der Waals surface area contributed by atoms with E-state index in [4.69, 9.17) is 16.4 Å². The van der Waals surface area contributed by atoms with Crippen molar-refractivity contribution in [1.82, 2.24) is 0 Å². The van der Waals surface area contributed by atoms with Gasteiger partial charge in [0.1, 0.15) is 48.6 Å². The maximum absolute atomic E-state index is 10.4. The quantitative estimate of drug-likeness (QED) is 0.240. The van der Waals surface area contributed by atoms with Crippen LogP contribution in [0.15, 0.2) is 0 Å². The van der Waals surface area contributed by atoms with Crippen LogP contribution in [0.4, 0.5) is 0 Å². The summed E-state index contributed by atoms with van der Waals surface area (Å²) in [4.78, 5) is 0. The third-order valence-electron chi connectivity index (χ3n) is 2.61. The number of hydrogen-bond acceptors (Lipinski definition) is 11. The molecule has 2 fully saturated rings. The highest BCUT2D eigenvalue weighted by Crippen LogP contribution is 2.28. The molecule has 23 heavy (non-hydrogen) atoms. The maximum Gasteiger partial charge on any atom is 0.187 e. The Kier molecular flexibility index (Phi) is 2.75. The average Bonchev–Trinajstić information content (AvgIpc) is 2.63. The van der Waals surface area contributed by atoms with E-state index < -0.39 is 74.3 Å². The third kappa shape index (κ3) is 3.65. The van der Waals surface area contributed by atoms with E-state index in [1.165, 1.54) is 0 Å². The lowest BCUT2D eigenvalue weighted by molar-refractivity contribution is -0.355. The molecule has 0 saturated carbocycles. The first-order chi connectivity index (χ1) is 14.9. The molecule has 0 aliphatic carbocycles. The molecule has 0 aromatic carbocycles. The van der Waals surface area contributed by atoms with Gasteiger partial charge in [0, 0.05) is 0 Å². The second-order valence-electron chi connectivity index (χ2n) is 3.99. The van der Waals surface area contributed by atoms with Gasteiger partial charge in [0.15, 0.2) is 12.5 Å². The fraction of sp³-hybridized carbons (Fsp3) is 1.00. The zero-order valence-electron chi connectivity index (χ0n) is 23.0. The van der Waals surface area contributed by atoms with E-state index in [0.29, 0.717) is 0 Å². The van der Waals surface area contributed by atoms with Crippen molar-refractivity contribution in [1.29, 1.82) is 0 Å². The number of ether oxygens (including phenoxy) is 3. The highest BCUT2D eigenvalue weighted by Gasteiger charge is 2.50. The van der Waals surface area contributed by atoms with Gasteiger partial charge >= 0.3 is 0 Å². The van der Waals surface area contributed by atoms with Crippen molar-refractivity contribution in [3.8, 4) is 0 Å². The van der Waals surface area contributed by atoms with Gasteiger partial charge in [-0.15, -0.1) is 0 Å². The van der Waals surface area contributed by atoms with E-state index in [9.17, 15) is 40.9 Å². The Morgan fingerprint density at radius 1 is 0.826 bits per heavy atom. The van der Waals surface area contributed by atoms with Gasteiger partial charge in [0.25, 0.3) is 0 Å². The number of aliphatic hydroxyl groups excluding tert-OH is 1. The molecule has 0 aromatic rings. The molecule has 2 heterocycles. The van der Waals surface area contributed by atoms with Crippen LogP contribution in [0, 0.1) is 0 Å². The molecule has 8 N–H and O–H groups in total. The molecule has 0 radical (unpaired) electrons. The summed E-state index contributed by atoms with van der Waals surface area (Å²) in [6.45, 7) is -6.39. The molecule has 0 bridgehead atoms. The van der Waals surface area contributed by atoms with E-state index >= 15 is 0 Å². The standard InChI is InChI=1S/C12H22O11/c13-1-3-5(15)6(16)9(19)12(22-3)23-10-4(2-14)21-11(20)8(18)7(10)17/h3-20H,1-2H2/t3-,4-,5+,6+,7-,8-,9-,10-,11?,12+/m1/s1/i1D2,3D,4D,5D,6D,7D,8D,9D,10D,11D,12D. The Labute approximate surface area is 147 Å². The van der Waals surface area contributed by atoms with Gasteiger partial charge in [0.2, 0.25) is 0 Å². The largest absolute Gasteiger partial charge is 0.394 e. The van der Waals surface area contributed by atoms with E-state index in [2.05, 4.69) is 14.2 Å². The highest BCUT2D eigenvalue weighted by molar-refractivity contribution is 4.93. The predicted octanol–water partition coefficient (Wildman–Crippen LogP) is -5.40. The number of aliphatic hydroxyl groups is 8. The monoisotopic (exact) mass is 354 g/mol. The van der Waals surface area contributed by atoms with Gasteiger partial charge in [-0.2, -0.15) is 0 Å². The van der Waals surface area contributed by atoms with Crippen LogP contribution in [0.2, 0.25) is 0 Å². The van der Waals surface area contributed by atoms with Crippen LogP contribution in [0.3, 0.4) is 0 Å². The van der Waals surface area contributed by atoms with Gasteiger partial charge in [-0.1, -0.05) is 0 Å². The molecule has 0 amide bonds. The second-order valence-corrected chi connectivity index (χ2v) is 3.99. The third-order valence-corrected chi connectivity index (χ3v) is 2.61. The summed E-state index contributed by atoms with van der Waals surface area (Å²) < 4.78 is 105. The van der Waals surface area contributed by atoms with Crippen LogP contribution in [-0.4, -0.2) is 115 Å². The van der Waals surface area contributed by atoms with Crippen LogP contribution < -0.4 is 0 Å². The summed E-state index contributed by atoms with van der Waals surface area (Å²) in [5.41, 5.74) is 0. The van der Waals surface area contributed by atoms with E-state index in [1.807, 2.05) is 0 Å². The summed E-state index contributed by atoms with van der Waals surface area (Å²) in [6, 6.07) is 0. The molecule has 1 unspecified atom stereocenters. The van der Waals surface area contributed by atoms with Crippen molar-refractivity contribution in [3.05, 3.63) is 0 Å². The summed E-state index contributed by atoms with van der Waals surface area (Å²) in [6.07, 6.45) is -45.1. The van der Waals surface area contributed by atoms with Crippen molar-refractivity contribution >= 4 is 0 Å². The minimum Gasteiger partial charge on any atom is -0.394 e. The minimum absolute atomic E-state index is 2.01. The molecule has 2 aliphatic rings. The summed E-state index contributed by atoms with van der Waals surface area (Å²) in [7, 11) is 0. The second kappa shape index (κ2) is 7.63. The van der Waals surface area contributed by atoms with Crippen LogP contribution >= 0.6 is 0 Å². The molecule has 136 valence electrons. The Balaban J connectivity index is 2.88. The van der Waals surface area contributed by atoms with Crippen LogP contribution in [0.1, 0.15) is 16.4 Å². The van der Waals surface area contributed by atoms with Crippen molar-refractivity contribution < 1.29 is 71.5 Å². The molecule has 2 aliphatic heterocycles. The Morgan fingerprint density at radius 3 is 2.04 bits per heavy atom. The molecule has 0 spiro atoms. The first-order valence-electron chi connectivity index (χ1n) is 11.7. The van der Waals surface area contributed by atoms with Gasteiger partial charge in [0.05, 0.1) is 29.6 Å². The normalized spacial score (nSPS) is 91.8. The first kappa shape index (κ1) is 8.29. The minimum atomic E-state index is -4.72. The predicted molar refractivity (Wildman–Crippen MR) is 68.6 cm³/mol. The molecular weight excluding hydrogens is 320 g/mol. The van der Waals surface area contributed by atoms with Crippen LogP contribution in [0.5, 0.6) is 0 Å². The zero-order chi connectivity index (χ0) is 28.3. The average molecular weight is 354 g/mol. The van der Waals surface area contributed by atoms with Gasteiger partial charge < -0.3 is 55.1 Å². The Bertz CT molecular complexity index is 880. The summed E-state index contributed by atoms with van der Waals surface area (Å²) >= 11 is 0. The topological polar surface area (TPSA) is 190 Å². The maximum atomic E-state index is 10.4. The van der Waals surface area contributed by atoms with Crippen molar-refractivity contribution in [2.45, 2.75) is 61.2 Å². The van der Waals surface area contributed by atoms with E-state index in [1.54, 1.807) is 0 Å². The van der Waals surface area contributed by atoms with E-state index in [-0.39, 0.29) is 0 Å². The summed E-state index contributed by atoms with van der Waals surface area (Å²) in [5, 5.41) is 80.2. The molecular formula is C12H22O11. The smallest absolute Gasteiger partial charge is 0.187 e. The highest BCUT2D eigenvalue weighted by atomic mass is 16.7. The fourth-order valence-corrected chi connectivity index (χ4v) is 1.50. The van der Waals surface area contributed by atoms with Crippen LogP contribution in [0.25, 0.3) is 0 Å². The lowest BCUT2D eigenvalue weighted by Crippen LogP contribution is -2.64. The van der Waals surface area contributed by atoms with Crippen molar-refractivity contribution in [2.75, 3.05) is 13.2 Å². The molecule has 11 nitrogen and oxygen atoms in total. The van der Waals surface area contributed by atoms with Gasteiger partial charge in [-0.25, -0.2) is 0 Å². The SMILES string of the molecule is [2H]C1(O)O[C@]([2H])(CO)[C@@]([2H])(O[C@]2([2H])O[C@]([2H])(C([2H])([2H])O)[C@]([2H])(O)[C@]([2H])(O)[C@@]2([2H])O)[C@]([2H])(O)[C@@]1([2H])O. The number of rotatable bonds is 4. The lowest BCUT2D eigenvalue weighted by Gasteiger charge is -2.45. The Morgan fingerprint density at radius 2 is 1.48 bits per heavy atom. The van der Waals surface area contributed by atoms with Crippen molar-refractivity contribution in [3.63, 3.8) is 0 Å². The molecule has 2 rings (SSSR count). The summed E-state index contributed by atoms with van der Waals surface area (Å²) in [5.74, 6) is 0. The Hall–Kier alpha value is -0.440. The van der Waals surface area contributed by atoms with Gasteiger partial charge in [-0.3, -0.25) is 0 Å². The first-order valence-corrected chi connectivity index (χ1v) is 5.71. The van der Waals surface area contributed by atoms with E-state index in [0.717, 1.165) is 0 Å². The number of hydrogen-bond donors (Lipinski definition) is 8. The molecule has 0 aromatic heterocycles.